The van der Waals surface area contributed by atoms with Gasteiger partial charge in [0, 0.05) is 0 Å². The van der Waals surface area contributed by atoms with Gasteiger partial charge in [0.25, 0.3) is 0 Å². The lowest BCUT2D eigenvalue weighted by molar-refractivity contribution is -0.0887. The molecule has 0 spiro atoms. The van der Waals surface area contributed by atoms with Gasteiger partial charge in [0.05, 0.1) is 106 Å². The molecule has 10 nitrogen and oxygen atoms in total. The Kier molecular flexibility index (Phi) is 27.3. The Morgan fingerprint density at radius 3 is 1.16 bits per heavy atom. The minimum Gasteiger partial charge on any atom is -0.391 e. The molecule has 268 valence electrons. The molecule has 0 saturated carbocycles. The van der Waals surface area contributed by atoms with E-state index in [1.807, 2.05) is 0 Å². The van der Waals surface area contributed by atoms with Gasteiger partial charge in [-0.2, -0.15) is 0 Å². The molecule has 2 fully saturated rings. The normalized spacial score (nSPS) is 22.5. The van der Waals surface area contributed by atoms with Crippen LogP contribution in [0, 0.1) is 0 Å². The molecule has 45 heavy (non-hydrogen) atoms. The highest BCUT2D eigenvalue weighted by Crippen LogP contribution is 2.28. The van der Waals surface area contributed by atoms with Crippen LogP contribution in [0.15, 0.2) is 0 Å². The smallest absolute Gasteiger partial charge is 0.338 e. The van der Waals surface area contributed by atoms with E-state index in [1.165, 1.54) is 64.2 Å². The lowest BCUT2D eigenvalue weighted by Crippen LogP contribution is -2.47. The summed E-state index contributed by atoms with van der Waals surface area (Å²) in [4.78, 5) is 0. The van der Waals surface area contributed by atoms with Gasteiger partial charge in [0.2, 0.25) is 0 Å². The van der Waals surface area contributed by atoms with Gasteiger partial charge >= 0.3 is 8.56 Å². The molecule has 2 atom stereocenters. The highest BCUT2D eigenvalue weighted by Gasteiger charge is 2.38. The van der Waals surface area contributed by atoms with E-state index >= 15 is 0 Å². The van der Waals surface area contributed by atoms with Crippen molar-refractivity contribution < 1.29 is 46.7 Å². The summed E-state index contributed by atoms with van der Waals surface area (Å²) in [7, 11) is -2.62. The number of hydrogen-bond acceptors (Lipinski definition) is 10. The van der Waals surface area contributed by atoms with Crippen molar-refractivity contribution in [1.29, 1.82) is 0 Å². The fraction of sp³-hybridized carbons (Fsp3) is 1.00. The highest BCUT2D eigenvalue weighted by molar-refractivity contribution is 6.67. The SMILES string of the molecule is CCCCCCCC[Si](CCCCCCCC)(OCC1COCCOCCOCCO1)OCC1COCCOCCOCCO1. The number of rotatable bonds is 20. The first-order valence-electron chi connectivity index (χ1n) is 18.3. The zero-order chi connectivity index (χ0) is 31.9. The van der Waals surface area contributed by atoms with Crippen LogP contribution in [-0.4, -0.2) is 126 Å². The predicted molar refractivity (Wildman–Crippen MR) is 178 cm³/mol. The Morgan fingerprint density at radius 2 is 0.756 bits per heavy atom. The first-order valence-corrected chi connectivity index (χ1v) is 20.5. The molecule has 0 N–H and O–H groups in total. The predicted octanol–water partition coefficient (Wildman–Crippen LogP) is 6.08. The van der Waals surface area contributed by atoms with E-state index in [1.54, 1.807) is 0 Å². The summed E-state index contributed by atoms with van der Waals surface area (Å²) in [6.07, 6.45) is 14.5. The fourth-order valence-corrected chi connectivity index (χ4v) is 8.91. The Morgan fingerprint density at radius 1 is 0.422 bits per heavy atom. The van der Waals surface area contributed by atoms with Crippen LogP contribution in [0.4, 0.5) is 0 Å². The third-order valence-electron chi connectivity index (χ3n) is 8.14. The molecule has 2 rings (SSSR count). The summed E-state index contributed by atoms with van der Waals surface area (Å²) in [6.45, 7) is 12.9. The van der Waals surface area contributed by atoms with Crippen molar-refractivity contribution in [3.05, 3.63) is 0 Å². The summed E-state index contributed by atoms with van der Waals surface area (Å²) in [6, 6.07) is 1.95. The average molecular weight is 665 g/mol. The number of ether oxygens (including phenoxy) is 8. The molecule has 0 aromatic carbocycles. The Labute approximate surface area is 276 Å². The minimum atomic E-state index is -2.62. The molecule has 0 aliphatic carbocycles. The van der Waals surface area contributed by atoms with E-state index in [-0.39, 0.29) is 12.2 Å². The van der Waals surface area contributed by atoms with Gasteiger partial charge in [-0.3, -0.25) is 0 Å². The van der Waals surface area contributed by atoms with Crippen molar-refractivity contribution in [2.45, 2.75) is 115 Å². The van der Waals surface area contributed by atoms with Gasteiger partial charge < -0.3 is 46.7 Å². The quantitative estimate of drug-likeness (QED) is 0.113. The van der Waals surface area contributed by atoms with Crippen LogP contribution in [0.25, 0.3) is 0 Å². The fourth-order valence-electron chi connectivity index (χ4n) is 5.44. The van der Waals surface area contributed by atoms with Crippen LogP contribution in [0.5, 0.6) is 0 Å². The molecule has 0 aromatic rings. The lowest BCUT2D eigenvalue weighted by Gasteiger charge is -2.34. The zero-order valence-corrected chi connectivity index (χ0v) is 30.0. The molecule has 2 saturated heterocycles. The van der Waals surface area contributed by atoms with Crippen molar-refractivity contribution in [2.24, 2.45) is 0 Å². The van der Waals surface area contributed by atoms with Crippen molar-refractivity contribution in [3.8, 4) is 0 Å². The molecule has 0 radical (unpaired) electrons. The van der Waals surface area contributed by atoms with E-state index in [0.29, 0.717) is 106 Å². The number of hydrogen-bond donors (Lipinski definition) is 0. The van der Waals surface area contributed by atoms with Crippen LogP contribution >= 0.6 is 0 Å². The van der Waals surface area contributed by atoms with E-state index in [9.17, 15) is 0 Å². The summed E-state index contributed by atoms with van der Waals surface area (Å²) >= 11 is 0. The monoisotopic (exact) mass is 664 g/mol. The maximum absolute atomic E-state index is 6.98. The maximum atomic E-state index is 6.98. The van der Waals surface area contributed by atoms with E-state index in [0.717, 1.165) is 24.9 Å². The second-order valence-electron chi connectivity index (χ2n) is 12.2. The summed E-state index contributed by atoms with van der Waals surface area (Å²) in [5.41, 5.74) is 0. The van der Waals surface area contributed by atoms with Gasteiger partial charge in [-0.25, -0.2) is 0 Å². The first-order chi connectivity index (χ1) is 22.3. The van der Waals surface area contributed by atoms with Gasteiger partial charge in [-0.15, -0.1) is 0 Å². The molecule has 0 aromatic heterocycles. The highest BCUT2D eigenvalue weighted by atomic mass is 28.4. The largest absolute Gasteiger partial charge is 0.391 e. The molecule has 2 aliphatic rings. The molecule has 2 aliphatic heterocycles. The minimum absolute atomic E-state index is 0.185. The van der Waals surface area contributed by atoms with Crippen molar-refractivity contribution in [2.75, 3.05) is 106 Å². The zero-order valence-electron chi connectivity index (χ0n) is 29.0. The van der Waals surface area contributed by atoms with Crippen molar-refractivity contribution >= 4 is 8.56 Å². The van der Waals surface area contributed by atoms with Crippen LogP contribution in [-0.2, 0) is 46.7 Å². The van der Waals surface area contributed by atoms with Crippen molar-refractivity contribution in [1.82, 2.24) is 0 Å². The second kappa shape index (κ2) is 29.9. The first kappa shape index (κ1) is 41.0. The van der Waals surface area contributed by atoms with E-state index < -0.39 is 8.56 Å². The van der Waals surface area contributed by atoms with Crippen LogP contribution in [0.2, 0.25) is 12.1 Å². The molecule has 11 heteroatoms. The molecule has 2 unspecified atom stereocenters. The van der Waals surface area contributed by atoms with E-state index in [2.05, 4.69) is 13.8 Å². The number of unbranched alkanes of at least 4 members (excludes halogenated alkanes) is 10. The Bertz CT molecular complexity index is 556. The molecular formula is C34H68O10Si. The van der Waals surface area contributed by atoms with Crippen LogP contribution in [0.3, 0.4) is 0 Å². The standard InChI is InChI=1S/C34H68O10Si/c1-3-5-7-9-11-13-27-45(28-14-12-10-8-6-4-2,43-31-33-29-39-21-19-35-15-17-37-23-25-41-33)44-32-34-30-40-22-20-36-16-18-38-24-26-42-34/h33-34H,3-32H2,1-2H3. The van der Waals surface area contributed by atoms with Gasteiger partial charge in [-0.05, 0) is 12.1 Å². The van der Waals surface area contributed by atoms with Gasteiger partial charge in [0.15, 0.2) is 0 Å². The van der Waals surface area contributed by atoms with Crippen LogP contribution in [0.1, 0.15) is 90.9 Å². The van der Waals surface area contributed by atoms with E-state index in [4.69, 9.17) is 46.7 Å². The average Bonchev–Trinajstić information content (AvgIpc) is 3.04. The maximum Gasteiger partial charge on any atom is 0.338 e. The molecule has 0 bridgehead atoms. The Hall–Kier alpha value is -0.183. The second-order valence-corrected chi connectivity index (χ2v) is 15.6. The van der Waals surface area contributed by atoms with Crippen molar-refractivity contribution in [3.63, 3.8) is 0 Å². The van der Waals surface area contributed by atoms with Gasteiger partial charge in [-0.1, -0.05) is 90.9 Å². The lowest BCUT2D eigenvalue weighted by atomic mass is 10.1. The molecule has 2 heterocycles. The topological polar surface area (TPSA) is 92.3 Å². The summed E-state index contributed by atoms with van der Waals surface area (Å²) < 4.78 is 60.7. The van der Waals surface area contributed by atoms with Gasteiger partial charge in [0.1, 0.15) is 12.2 Å². The molecular weight excluding hydrogens is 596 g/mol. The molecule has 0 amide bonds. The third-order valence-corrected chi connectivity index (χ3v) is 11.8. The Balaban J connectivity index is 2.10. The summed E-state index contributed by atoms with van der Waals surface area (Å²) in [5, 5.41) is 0. The third kappa shape index (κ3) is 22.9. The van der Waals surface area contributed by atoms with Crippen LogP contribution < -0.4 is 0 Å². The summed E-state index contributed by atoms with van der Waals surface area (Å²) in [5.74, 6) is 0.